The van der Waals surface area contributed by atoms with Gasteiger partial charge in [-0.2, -0.15) is 0 Å². The Kier molecular flexibility index (Phi) is 10.7. The highest BCUT2D eigenvalue weighted by Crippen LogP contribution is 2.15. The molecule has 0 bridgehead atoms. The van der Waals surface area contributed by atoms with Crippen molar-refractivity contribution in [1.29, 1.82) is 0 Å². The molecule has 1 unspecified atom stereocenters. The van der Waals surface area contributed by atoms with Crippen LogP contribution in [0.15, 0.2) is 4.99 Å². The van der Waals surface area contributed by atoms with Gasteiger partial charge in [0.05, 0.1) is 13.2 Å². The number of aliphatic imine (C=N–C) groups is 1. The molecule has 0 aromatic carbocycles. The first-order chi connectivity index (χ1) is 13.6. The number of nitrogens with zero attached hydrogens (tertiary/aromatic N) is 2. The number of morpholine rings is 1. The first-order valence-electron chi connectivity index (χ1n) is 10.8. The summed E-state index contributed by atoms with van der Waals surface area (Å²) in [5.74, 6) is 0.749. The molecule has 1 saturated heterocycles. The number of carbonyl (C=O) groups excluding carboxylic acids is 1. The van der Waals surface area contributed by atoms with Gasteiger partial charge in [0.1, 0.15) is 5.60 Å². The summed E-state index contributed by atoms with van der Waals surface area (Å²) in [4.78, 5) is 18.8. The largest absolute Gasteiger partial charge is 0.444 e. The van der Waals surface area contributed by atoms with E-state index in [-0.39, 0.29) is 11.6 Å². The number of rotatable bonds is 9. The molecule has 170 valence electrons. The van der Waals surface area contributed by atoms with E-state index in [0.717, 1.165) is 58.1 Å². The van der Waals surface area contributed by atoms with Gasteiger partial charge in [0.25, 0.3) is 0 Å². The molecule has 29 heavy (non-hydrogen) atoms. The first-order valence-corrected chi connectivity index (χ1v) is 10.8. The van der Waals surface area contributed by atoms with Crippen molar-refractivity contribution in [3.8, 4) is 0 Å². The smallest absolute Gasteiger partial charge is 0.407 e. The monoisotopic (exact) mass is 413 g/mol. The fourth-order valence-corrected chi connectivity index (χ4v) is 3.16. The Hall–Kier alpha value is -1.54. The second kappa shape index (κ2) is 12.2. The zero-order valence-corrected chi connectivity index (χ0v) is 19.6. The van der Waals surface area contributed by atoms with Gasteiger partial charge >= 0.3 is 6.09 Å². The maximum atomic E-state index is 12.0. The van der Waals surface area contributed by atoms with Crippen molar-refractivity contribution in [1.82, 2.24) is 20.9 Å². The Morgan fingerprint density at radius 2 is 1.83 bits per heavy atom. The van der Waals surface area contributed by atoms with E-state index in [9.17, 15) is 4.79 Å². The zero-order valence-electron chi connectivity index (χ0n) is 19.6. The minimum atomic E-state index is -0.501. The summed E-state index contributed by atoms with van der Waals surface area (Å²) < 4.78 is 10.8. The van der Waals surface area contributed by atoms with Crippen LogP contribution >= 0.6 is 0 Å². The highest BCUT2D eigenvalue weighted by atomic mass is 16.6. The van der Waals surface area contributed by atoms with E-state index in [1.807, 2.05) is 20.8 Å². The van der Waals surface area contributed by atoms with Crippen LogP contribution < -0.4 is 16.0 Å². The van der Waals surface area contributed by atoms with E-state index < -0.39 is 11.7 Å². The molecule has 0 aromatic heterocycles. The first kappa shape index (κ1) is 25.5. The third-order valence-electron chi connectivity index (χ3n) is 4.92. The third-order valence-corrected chi connectivity index (χ3v) is 4.92. The number of carbonyl (C=O) groups is 1. The van der Waals surface area contributed by atoms with Crippen molar-refractivity contribution < 1.29 is 14.3 Å². The molecule has 1 aliphatic heterocycles. The van der Waals surface area contributed by atoms with Crippen molar-refractivity contribution >= 4 is 12.1 Å². The van der Waals surface area contributed by atoms with E-state index in [0.29, 0.717) is 6.54 Å². The molecule has 0 aliphatic carbocycles. The maximum absolute atomic E-state index is 12.0. The van der Waals surface area contributed by atoms with Crippen molar-refractivity contribution in [2.45, 2.75) is 78.0 Å². The second-order valence-electron chi connectivity index (χ2n) is 9.20. The van der Waals surface area contributed by atoms with Gasteiger partial charge in [-0.25, -0.2) is 4.79 Å². The summed E-state index contributed by atoms with van der Waals surface area (Å²) in [6.07, 6.45) is 2.72. The van der Waals surface area contributed by atoms with Crippen molar-refractivity contribution in [2.24, 2.45) is 4.99 Å². The van der Waals surface area contributed by atoms with Gasteiger partial charge < -0.3 is 25.4 Å². The van der Waals surface area contributed by atoms with Gasteiger partial charge in [-0.3, -0.25) is 9.89 Å². The Balaban J connectivity index is 2.56. The van der Waals surface area contributed by atoms with Crippen LogP contribution in [0.3, 0.4) is 0 Å². The summed E-state index contributed by atoms with van der Waals surface area (Å²) in [7, 11) is 1.77. The predicted octanol–water partition coefficient (Wildman–Crippen LogP) is 2.35. The number of guanidine groups is 1. The van der Waals surface area contributed by atoms with E-state index >= 15 is 0 Å². The Morgan fingerprint density at radius 1 is 1.17 bits per heavy atom. The number of amides is 1. The van der Waals surface area contributed by atoms with Crippen molar-refractivity contribution in [3.05, 3.63) is 0 Å². The Bertz CT molecular complexity index is 511. The van der Waals surface area contributed by atoms with Crippen LogP contribution in [0.5, 0.6) is 0 Å². The molecule has 0 radical (unpaired) electrons. The van der Waals surface area contributed by atoms with Crippen molar-refractivity contribution in [3.63, 3.8) is 0 Å². The molecule has 0 spiro atoms. The lowest BCUT2D eigenvalue weighted by Crippen LogP contribution is -2.57. The summed E-state index contributed by atoms with van der Waals surface area (Å²) in [6.45, 7) is 16.9. The molecule has 3 N–H and O–H groups in total. The summed E-state index contributed by atoms with van der Waals surface area (Å²) in [5, 5.41) is 9.78. The van der Waals surface area contributed by atoms with Crippen LogP contribution in [-0.2, 0) is 9.47 Å². The minimum Gasteiger partial charge on any atom is -0.444 e. The lowest BCUT2D eigenvalue weighted by Gasteiger charge is -2.41. The van der Waals surface area contributed by atoms with Gasteiger partial charge in [0, 0.05) is 44.8 Å². The molecule has 1 heterocycles. The average molecular weight is 414 g/mol. The van der Waals surface area contributed by atoms with Crippen LogP contribution in [-0.4, -0.2) is 80.6 Å². The summed E-state index contributed by atoms with van der Waals surface area (Å²) >= 11 is 0. The van der Waals surface area contributed by atoms with Gasteiger partial charge in [-0.15, -0.1) is 0 Å². The standard InChI is InChI=1S/C21H43N5O3/c1-8-9-10-17(15-23-19(27)29-20(2,3)4)25-18(22-7)24-16-21(5,6)26-11-13-28-14-12-26/h17H,8-16H2,1-7H3,(H,23,27)(H2,22,24,25). The highest BCUT2D eigenvalue weighted by Gasteiger charge is 2.28. The van der Waals surface area contributed by atoms with E-state index in [1.54, 1.807) is 7.05 Å². The molecule has 1 amide bonds. The molecule has 1 aliphatic rings. The third kappa shape index (κ3) is 10.7. The SMILES string of the molecule is CCCCC(CNC(=O)OC(C)(C)C)NC(=NC)NCC(C)(C)N1CCOCC1. The fourth-order valence-electron chi connectivity index (χ4n) is 3.16. The Labute approximate surface area is 177 Å². The zero-order chi connectivity index (χ0) is 21.9. The normalized spacial score (nSPS) is 17.6. The highest BCUT2D eigenvalue weighted by molar-refractivity contribution is 5.80. The molecule has 8 heteroatoms. The van der Waals surface area contributed by atoms with Gasteiger partial charge in [0.2, 0.25) is 0 Å². The summed E-state index contributed by atoms with van der Waals surface area (Å²) in [5.41, 5.74) is -0.506. The molecular formula is C21H43N5O3. The van der Waals surface area contributed by atoms with Crippen molar-refractivity contribution in [2.75, 3.05) is 46.4 Å². The topological polar surface area (TPSA) is 87.2 Å². The summed E-state index contributed by atoms with van der Waals surface area (Å²) in [6, 6.07) is 0.0835. The lowest BCUT2D eigenvalue weighted by atomic mass is 10.0. The van der Waals surface area contributed by atoms with Crippen LogP contribution in [0.1, 0.15) is 60.8 Å². The average Bonchev–Trinajstić information content (AvgIpc) is 2.66. The van der Waals surface area contributed by atoms with Gasteiger partial charge in [0.15, 0.2) is 5.96 Å². The maximum Gasteiger partial charge on any atom is 0.407 e. The Morgan fingerprint density at radius 3 is 2.38 bits per heavy atom. The molecule has 0 saturated carbocycles. The number of ether oxygens (including phenoxy) is 2. The van der Waals surface area contributed by atoms with E-state index in [4.69, 9.17) is 9.47 Å². The minimum absolute atomic E-state index is 0.00488. The predicted molar refractivity (Wildman–Crippen MR) is 119 cm³/mol. The second-order valence-corrected chi connectivity index (χ2v) is 9.20. The van der Waals surface area contributed by atoms with E-state index in [2.05, 4.69) is 46.6 Å². The number of unbranched alkanes of at least 4 members (excludes halogenated alkanes) is 1. The number of nitrogens with one attached hydrogen (secondary N) is 3. The van der Waals surface area contributed by atoms with Crippen LogP contribution in [0.2, 0.25) is 0 Å². The molecule has 0 aromatic rings. The van der Waals surface area contributed by atoms with Crippen LogP contribution in [0.4, 0.5) is 4.79 Å². The fraction of sp³-hybridized carbons (Fsp3) is 0.905. The molecular weight excluding hydrogens is 370 g/mol. The molecule has 1 rings (SSSR count). The number of hydrogen-bond acceptors (Lipinski definition) is 5. The molecule has 1 fully saturated rings. The van der Waals surface area contributed by atoms with Gasteiger partial charge in [-0.05, 0) is 41.0 Å². The number of hydrogen-bond donors (Lipinski definition) is 3. The van der Waals surface area contributed by atoms with Gasteiger partial charge in [-0.1, -0.05) is 19.8 Å². The molecule has 1 atom stereocenters. The van der Waals surface area contributed by atoms with E-state index in [1.165, 1.54) is 0 Å². The number of alkyl carbamates (subject to hydrolysis) is 1. The van der Waals surface area contributed by atoms with Crippen LogP contribution in [0.25, 0.3) is 0 Å². The molecule has 8 nitrogen and oxygen atoms in total. The quantitative estimate of drug-likeness (QED) is 0.397. The lowest BCUT2D eigenvalue weighted by molar-refractivity contribution is -0.00835. The van der Waals surface area contributed by atoms with Crippen LogP contribution in [0, 0.1) is 0 Å².